The van der Waals surface area contributed by atoms with Gasteiger partial charge in [0.25, 0.3) is 0 Å². The van der Waals surface area contributed by atoms with Gasteiger partial charge >= 0.3 is 6.68 Å². The maximum atomic E-state index is 9.67. The van der Waals surface area contributed by atoms with Crippen molar-refractivity contribution in [2.45, 2.75) is 83.9 Å². The summed E-state index contributed by atoms with van der Waals surface area (Å²) < 4.78 is 36.5. The molecule has 0 aromatic carbocycles. The molecule has 0 amide bonds. The van der Waals surface area contributed by atoms with Crippen LogP contribution in [0.15, 0.2) is 18.5 Å². The van der Waals surface area contributed by atoms with Crippen LogP contribution in [0.4, 0.5) is 13.2 Å². The molecule has 0 bridgehead atoms. The Hall–Kier alpha value is -2.62. The number of hydrogen-bond acceptors (Lipinski definition) is 6. The smallest absolute Gasteiger partial charge is 0.379 e. The highest BCUT2D eigenvalue weighted by Crippen LogP contribution is 2.42. The van der Waals surface area contributed by atoms with Crippen molar-refractivity contribution in [1.29, 1.82) is 0 Å². The second-order valence-corrected chi connectivity index (χ2v) is 9.66. The third-order valence-corrected chi connectivity index (χ3v) is 6.78. The van der Waals surface area contributed by atoms with Crippen LogP contribution in [-0.2, 0) is 4.74 Å². The first-order chi connectivity index (χ1) is 16.8. The molecule has 3 aromatic heterocycles. The molecule has 3 aromatic rings. The molecule has 0 spiro atoms. The molecule has 1 aliphatic heterocycles. The van der Waals surface area contributed by atoms with Crippen molar-refractivity contribution in [3.8, 4) is 0 Å². The van der Waals surface area contributed by atoms with Gasteiger partial charge in [-0.15, -0.1) is 0 Å². The van der Waals surface area contributed by atoms with Crippen LogP contribution in [0, 0.1) is 19.8 Å². The van der Waals surface area contributed by atoms with E-state index in [1.807, 2.05) is 37.0 Å². The fourth-order valence-corrected chi connectivity index (χ4v) is 4.54. The number of aryl methyl sites for hydroxylation is 2. The minimum absolute atomic E-state index is 0.396. The Morgan fingerprint density at radius 2 is 1.57 bits per heavy atom. The van der Waals surface area contributed by atoms with Crippen LogP contribution in [0.25, 0.3) is 11.2 Å². The molecule has 1 saturated heterocycles. The standard InChI is InChI=1S/C18H24N4O.C6H8N2.CHF3/c1-10-8-14(9-10)15-16-18(20-12(3)11(2)19-16)22-17(21-15)13-4-6-23-7-5-13;1-4-7-8(5-1)6-2-3-6;2-1(3)4/h10,13-14H,4-9H2,1-3H3;1,4-6H,2-3H2;1H. The highest BCUT2D eigenvalue weighted by Gasteiger charge is 2.32. The number of fused-ring (bicyclic) bond motifs is 1. The van der Waals surface area contributed by atoms with Crippen LogP contribution in [0.3, 0.4) is 0 Å². The Kier molecular flexibility index (Phi) is 8.30. The van der Waals surface area contributed by atoms with Gasteiger partial charge in [-0.2, -0.15) is 18.3 Å². The number of rotatable bonds is 3. The number of nitrogens with zero attached hydrogens (tertiary/aromatic N) is 6. The minimum Gasteiger partial charge on any atom is -0.381 e. The summed E-state index contributed by atoms with van der Waals surface area (Å²) in [5.41, 5.74) is 4.76. The zero-order valence-corrected chi connectivity index (χ0v) is 20.5. The summed E-state index contributed by atoms with van der Waals surface area (Å²) in [5.74, 6) is 2.65. The lowest BCUT2D eigenvalue weighted by Gasteiger charge is -2.33. The first kappa shape index (κ1) is 25.5. The first-order valence-corrected chi connectivity index (χ1v) is 12.3. The van der Waals surface area contributed by atoms with Crippen LogP contribution in [0.1, 0.15) is 86.2 Å². The van der Waals surface area contributed by atoms with Gasteiger partial charge in [-0.05, 0) is 64.4 Å². The van der Waals surface area contributed by atoms with E-state index >= 15 is 0 Å². The van der Waals surface area contributed by atoms with E-state index in [1.54, 1.807) is 0 Å². The highest BCUT2D eigenvalue weighted by molar-refractivity contribution is 5.73. The fourth-order valence-electron chi connectivity index (χ4n) is 4.54. The lowest BCUT2D eigenvalue weighted by molar-refractivity contribution is 0.00819. The van der Waals surface area contributed by atoms with E-state index in [4.69, 9.17) is 24.7 Å². The van der Waals surface area contributed by atoms with Gasteiger partial charge in [-0.25, -0.2) is 19.9 Å². The highest BCUT2D eigenvalue weighted by atomic mass is 19.4. The quantitative estimate of drug-likeness (QED) is 0.459. The molecule has 35 heavy (non-hydrogen) atoms. The second kappa shape index (κ2) is 11.4. The van der Waals surface area contributed by atoms with Gasteiger partial charge in [0.1, 0.15) is 11.3 Å². The fraction of sp³-hybridized carbons (Fsp3) is 0.640. The average molecular weight is 491 g/mol. The normalized spacial score (nSPS) is 22.1. The minimum atomic E-state index is -3.67. The largest absolute Gasteiger partial charge is 0.381 e. The van der Waals surface area contributed by atoms with Crippen molar-refractivity contribution in [3.05, 3.63) is 41.4 Å². The number of aromatic nitrogens is 6. The summed E-state index contributed by atoms with van der Waals surface area (Å²) in [6, 6.07) is 2.71. The van der Waals surface area contributed by atoms with E-state index < -0.39 is 6.68 Å². The molecule has 6 rings (SSSR count). The summed E-state index contributed by atoms with van der Waals surface area (Å²) in [7, 11) is 0. The summed E-state index contributed by atoms with van der Waals surface area (Å²) in [6.45, 7) is 4.27. The summed E-state index contributed by atoms with van der Waals surface area (Å²) in [5, 5.41) is 4.09. The zero-order chi connectivity index (χ0) is 24.9. The van der Waals surface area contributed by atoms with Crippen LogP contribution in [-0.4, -0.2) is 49.6 Å². The molecule has 0 atom stereocenters. The van der Waals surface area contributed by atoms with Crippen molar-refractivity contribution in [1.82, 2.24) is 29.7 Å². The molecule has 0 unspecified atom stereocenters. The van der Waals surface area contributed by atoms with Crippen LogP contribution < -0.4 is 0 Å². The van der Waals surface area contributed by atoms with Gasteiger partial charge in [0, 0.05) is 37.4 Å². The molecule has 0 N–H and O–H groups in total. The van der Waals surface area contributed by atoms with Gasteiger partial charge in [0.2, 0.25) is 0 Å². The molecule has 2 saturated carbocycles. The topological polar surface area (TPSA) is 78.6 Å². The lowest BCUT2D eigenvalue weighted by Crippen LogP contribution is -2.23. The van der Waals surface area contributed by atoms with E-state index in [-0.39, 0.29) is 0 Å². The number of halogens is 3. The average Bonchev–Trinajstić information content (AvgIpc) is 3.52. The van der Waals surface area contributed by atoms with E-state index in [1.165, 1.54) is 25.7 Å². The Morgan fingerprint density at radius 3 is 2.14 bits per heavy atom. The number of hydrogen-bond donors (Lipinski definition) is 0. The molecule has 0 radical (unpaired) electrons. The Balaban J connectivity index is 0.000000197. The molecular weight excluding hydrogens is 457 g/mol. The number of alkyl halides is 3. The van der Waals surface area contributed by atoms with E-state index in [2.05, 4.69) is 12.0 Å². The monoisotopic (exact) mass is 490 g/mol. The van der Waals surface area contributed by atoms with Crippen molar-refractivity contribution in [2.75, 3.05) is 13.2 Å². The van der Waals surface area contributed by atoms with Crippen molar-refractivity contribution < 1.29 is 17.9 Å². The van der Waals surface area contributed by atoms with Gasteiger partial charge in [0.05, 0.1) is 23.1 Å². The predicted molar refractivity (Wildman–Crippen MR) is 126 cm³/mol. The summed E-state index contributed by atoms with van der Waals surface area (Å²) in [6.07, 6.45) is 10.9. The van der Waals surface area contributed by atoms with E-state index in [0.29, 0.717) is 11.8 Å². The molecule has 3 fully saturated rings. The first-order valence-electron chi connectivity index (χ1n) is 12.3. The van der Waals surface area contributed by atoms with Gasteiger partial charge in [-0.1, -0.05) is 6.92 Å². The van der Waals surface area contributed by atoms with E-state index in [9.17, 15) is 13.2 Å². The molecule has 2 aliphatic carbocycles. The van der Waals surface area contributed by atoms with E-state index in [0.717, 1.165) is 72.1 Å². The van der Waals surface area contributed by atoms with Crippen LogP contribution in [0.2, 0.25) is 0 Å². The predicted octanol–water partition coefficient (Wildman–Crippen LogP) is 5.84. The van der Waals surface area contributed by atoms with Gasteiger partial charge in [-0.3, -0.25) is 4.68 Å². The van der Waals surface area contributed by atoms with Crippen molar-refractivity contribution in [3.63, 3.8) is 0 Å². The summed E-state index contributed by atoms with van der Waals surface area (Å²) in [4.78, 5) is 19.2. The molecule has 7 nitrogen and oxygen atoms in total. The van der Waals surface area contributed by atoms with Crippen LogP contribution >= 0.6 is 0 Å². The molecule has 4 heterocycles. The third kappa shape index (κ3) is 6.74. The van der Waals surface area contributed by atoms with Gasteiger partial charge < -0.3 is 4.74 Å². The molecule has 10 heteroatoms. The van der Waals surface area contributed by atoms with Gasteiger partial charge in [0.15, 0.2) is 5.65 Å². The lowest BCUT2D eigenvalue weighted by atomic mass is 9.74. The SMILES string of the molecule is Cc1nc2nc(C3CCOCC3)nc(C3CC(C)C3)c2nc1C.FC(F)F.c1cnn(C2CC2)c1. The van der Waals surface area contributed by atoms with Crippen molar-refractivity contribution in [2.24, 2.45) is 5.92 Å². The Morgan fingerprint density at radius 1 is 0.914 bits per heavy atom. The molecule has 3 aliphatic rings. The molecule has 190 valence electrons. The third-order valence-electron chi connectivity index (χ3n) is 6.78. The second-order valence-electron chi connectivity index (χ2n) is 9.66. The number of ether oxygens (including phenoxy) is 1. The van der Waals surface area contributed by atoms with Crippen molar-refractivity contribution >= 4 is 11.2 Å². The maximum absolute atomic E-state index is 9.67. The maximum Gasteiger partial charge on any atom is 0.379 e. The van der Waals surface area contributed by atoms with Crippen LogP contribution in [0.5, 0.6) is 0 Å². The summed E-state index contributed by atoms with van der Waals surface area (Å²) >= 11 is 0. The Bertz CT molecular complexity index is 1090. The Labute approximate surface area is 203 Å². The zero-order valence-electron chi connectivity index (χ0n) is 20.5. The molecular formula is C25H33F3N6O.